The molecule has 0 aliphatic heterocycles. The van der Waals surface area contributed by atoms with E-state index in [4.69, 9.17) is 0 Å². The summed E-state index contributed by atoms with van der Waals surface area (Å²) in [5.74, 6) is 0.833. The summed E-state index contributed by atoms with van der Waals surface area (Å²) >= 11 is 0. The molecule has 0 N–H and O–H groups in total. The lowest BCUT2D eigenvalue weighted by molar-refractivity contribution is 0.264. The molecule has 102 valence electrons. The molecule has 0 fully saturated rings. The summed E-state index contributed by atoms with van der Waals surface area (Å²) in [6.07, 6.45) is 10.5. The molecule has 1 aliphatic rings. The van der Waals surface area contributed by atoms with Crippen LogP contribution >= 0.6 is 0 Å². The van der Waals surface area contributed by atoms with Crippen molar-refractivity contribution >= 4 is 0 Å². The first-order valence-corrected chi connectivity index (χ1v) is 7.44. The van der Waals surface area contributed by atoms with Crippen LogP contribution in [0.15, 0.2) is 18.5 Å². The van der Waals surface area contributed by atoms with Crippen LogP contribution in [0.3, 0.4) is 0 Å². The molecule has 1 aromatic rings. The summed E-state index contributed by atoms with van der Waals surface area (Å²) in [5, 5.41) is 0. The summed E-state index contributed by atoms with van der Waals surface area (Å²) in [6.45, 7) is 11.1. The molecular formula is C17H29N. The third-order valence-corrected chi connectivity index (χ3v) is 3.67. The molecular weight excluding hydrogens is 218 g/mol. The van der Waals surface area contributed by atoms with E-state index in [1.807, 2.05) is 6.20 Å². The molecule has 1 unspecified atom stereocenters. The number of pyridine rings is 1. The van der Waals surface area contributed by atoms with Gasteiger partial charge in [-0.2, -0.15) is 0 Å². The Morgan fingerprint density at radius 2 is 1.78 bits per heavy atom. The number of hydrogen-bond donors (Lipinski definition) is 0. The van der Waals surface area contributed by atoms with E-state index < -0.39 is 0 Å². The standard InChI is InChI=1S/C13H19N.C4H10/c1-3-6-13(4-2)8-11-5-7-14-10-12(11)9-13;1-4(2)3/h5,7,10H,3-4,6,8-9H2,1-2H3;4H,1-3H3. The highest BCUT2D eigenvalue weighted by atomic mass is 14.6. The fourth-order valence-electron chi connectivity index (χ4n) is 2.79. The third-order valence-electron chi connectivity index (χ3n) is 3.67. The number of fused-ring (bicyclic) bond motifs is 1. The summed E-state index contributed by atoms with van der Waals surface area (Å²) in [4.78, 5) is 4.22. The quantitative estimate of drug-likeness (QED) is 0.729. The molecule has 0 spiro atoms. The molecule has 0 saturated carbocycles. The Morgan fingerprint density at radius 1 is 1.17 bits per heavy atom. The topological polar surface area (TPSA) is 12.9 Å². The van der Waals surface area contributed by atoms with E-state index in [-0.39, 0.29) is 0 Å². The first-order valence-electron chi connectivity index (χ1n) is 7.44. The normalized spacial score (nSPS) is 21.4. The molecule has 1 nitrogen and oxygen atoms in total. The van der Waals surface area contributed by atoms with Gasteiger partial charge in [-0.15, -0.1) is 0 Å². The maximum Gasteiger partial charge on any atom is 0.0302 e. The van der Waals surface area contributed by atoms with Crippen molar-refractivity contribution in [2.24, 2.45) is 11.3 Å². The Bertz CT molecular complexity index is 327. The first kappa shape index (κ1) is 15.2. The Balaban J connectivity index is 0.000000357. The molecule has 2 rings (SSSR count). The van der Waals surface area contributed by atoms with Crippen LogP contribution in [-0.4, -0.2) is 4.98 Å². The molecule has 0 aromatic carbocycles. The van der Waals surface area contributed by atoms with Crippen LogP contribution < -0.4 is 0 Å². The third kappa shape index (κ3) is 4.12. The van der Waals surface area contributed by atoms with E-state index in [1.54, 1.807) is 0 Å². The van der Waals surface area contributed by atoms with E-state index in [0.717, 1.165) is 5.92 Å². The van der Waals surface area contributed by atoms with Crippen molar-refractivity contribution < 1.29 is 0 Å². The zero-order chi connectivity index (χ0) is 13.6. The Morgan fingerprint density at radius 3 is 2.28 bits per heavy atom. The maximum absolute atomic E-state index is 4.22. The number of rotatable bonds is 3. The predicted molar refractivity (Wildman–Crippen MR) is 79.8 cm³/mol. The van der Waals surface area contributed by atoms with Gasteiger partial charge in [0.25, 0.3) is 0 Å². The molecule has 0 bridgehead atoms. The van der Waals surface area contributed by atoms with Gasteiger partial charge in [-0.3, -0.25) is 4.98 Å². The summed E-state index contributed by atoms with van der Waals surface area (Å²) in [6, 6.07) is 2.20. The second kappa shape index (κ2) is 6.92. The van der Waals surface area contributed by atoms with Gasteiger partial charge in [-0.1, -0.05) is 41.0 Å². The van der Waals surface area contributed by atoms with Crippen molar-refractivity contribution in [2.45, 2.75) is 66.7 Å². The summed E-state index contributed by atoms with van der Waals surface area (Å²) in [5.41, 5.74) is 3.58. The van der Waals surface area contributed by atoms with Crippen LogP contribution in [0.1, 0.15) is 65.0 Å². The lowest BCUT2D eigenvalue weighted by atomic mass is 9.78. The molecule has 18 heavy (non-hydrogen) atoms. The number of nitrogens with zero attached hydrogens (tertiary/aromatic N) is 1. The van der Waals surface area contributed by atoms with Crippen molar-refractivity contribution in [3.63, 3.8) is 0 Å². The summed E-state index contributed by atoms with van der Waals surface area (Å²) < 4.78 is 0. The van der Waals surface area contributed by atoms with E-state index in [2.05, 4.69) is 51.9 Å². The summed E-state index contributed by atoms with van der Waals surface area (Å²) in [7, 11) is 0. The molecule has 1 aromatic heterocycles. The van der Waals surface area contributed by atoms with Crippen molar-refractivity contribution in [3.05, 3.63) is 29.6 Å². The van der Waals surface area contributed by atoms with Crippen LogP contribution in [-0.2, 0) is 12.8 Å². The van der Waals surface area contributed by atoms with Crippen LogP contribution in [0, 0.1) is 11.3 Å². The molecule has 1 heterocycles. The lowest BCUT2D eigenvalue weighted by Crippen LogP contribution is -2.19. The van der Waals surface area contributed by atoms with Crippen LogP contribution in [0.2, 0.25) is 0 Å². The Kier molecular flexibility index (Phi) is 5.84. The van der Waals surface area contributed by atoms with E-state index in [1.165, 1.54) is 43.2 Å². The first-order chi connectivity index (χ1) is 8.53. The minimum Gasteiger partial charge on any atom is -0.264 e. The molecule has 0 radical (unpaired) electrons. The second-order valence-electron chi connectivity index (χ2n) is 6.33. The van der Waals surface area contributed by atoms with Crippen molar-refractivity contribution in [3.8, 4) is 0 Å². The van der Waals surface area contributed by atoms with Crippen molar-refractivity contribution in [1.82, 2.24) is 4.98 Å². The SMILES string of the molecule is CC(C)C.CCCC1(CC)Cc2ccncc2C1. The minimum absolute atomic E-state index is 0.556. The fourth-order valence-corrected chi connectivity index (χ4v) is 2.79. The highest BCUT2D eigenvalue weighted by Crippen LogP contribution is 2.42. The fraction of sp³-hybridized carbons (Fsp3) is 0.706. The van der Waals surface area contributed by atoms with E-state index >= 15 is 0 Å². The van der Waals surface area contributed by atoms with Gasteiger partial charge >= 0.3 is 0 Å². The largest absolute Gasteiger partial charge is 0.264 e. The highest BCUT2D eigenvalue weighted by molar-refractivity contribution is 5.31. The number of aromatic nitrogens is 1. The van der Waals surface area contributed by atoms with Gasteiger partial charge in [-0.25, -0.2) is 0 Å². The molecule has 1 aliphatic carbocycles. The minimum atomic E-state index is 0.556. The van der Waals surface area contributed by atoms with Gasteiger partial charge < -0.3 is 0 Å². The number of hydrogen-bond acceptors (Lipinski definition) is 1. The smallest absolute Gasteiger partial charge is 0.0302 e. The van der Waals surface area contributed by atoms with Gasteiger partial charge in [-0.05, 0) is 54.2 Å². The van der Waals surface area contributed by atoms with Crippen LogP contribution in [0.5, 0.6) is 0 Å². The molecule has 0 saturated heterocycles. The monoisotopic (exact) mass is 247 g/mol. The second-order valence-corrected chi connectivity index (χ2v) is 6.33. The highest BCUT2D eigenvalue weighted by Gasteiger charge is 2.34. The van der Waals surface area contributed by atoms with Gasteiger partial charge in [0.2, 0.25) is 0 Å². The average Bonchev–Trinajstić information content (AvgIpc) is 2.67. The van der Waals surface area contributed by atoms with Gasteiger partial charge in [0.1, 0.15) is 0 Å². The van der Waals surface area contributed by atoms with Crippen LogP contribution in [0.4, 0.5) is 0 Å². The Hall–Kier alpha value is -0.850. The van der Waals surface area contributed by atoms with E-state index in [0.29, 0.717) is 5.41 Å². The molecule has 1 atom stereocenters. The predicted octanol–water partition coefficient (Wildman–Crippen LogP) is 5.04. The van der Waals surface area contributed by atoms with Crippen LogP contribution in [0.25, 0.3) is 0 Å². The zero-order valence-electron chi connectivity index (χ0n) is 12.8. The molecule has 0 amide bonds. The molecule has 1 heteroatoms. The van der Waals surface area contributed by atoms with Gasteiger partial charge in [0.05, 0.1) is 0 Å². The van der Waals surface area contributed by atoms with E-state index in [9.17, 15) is 0 Å². The van der Waals surface area contributed by atoms with Gasteiger partial charge in [0.15, 0.2) is 0 Å². The Labute approximate surface area is 113 Å². The van der Waals surface area contributed by atoms with Gasteiger partial charge in [0, 0.05) is 12.4 Å². The zero-order valence-corrected chi connectivity index (χ0v) is 12.8. The lowest BCUT2D eigenvalue weighted by Gasteiger charge is -2.26. The van der Waals surface area contributed by atoms with Crippen molar-refractivity contribution in [2.75, 3.05) is 0 Å². The van der Waals surface area contributed by atoms with Crippen molar-refractivity contribution in [1.29, 1.82) is 0 Å². The average molecular weight is 247 g/mol. The maximum atomic E-state index is 4.22.